The first kappa shape index (κ1) is 14.7. The molecule has 2 aliphatic rings. The Bertz CT molecular complexity index is 308. The number of hydrogen-bond donors (Lipinski definition) is 3. The molecule has 0 aromatic carbocycles. The van der Waals surface area contributed by atoms with Gasteiger partial charge < -0.3 is 29.5 Å². The third-order valence-corrected chi connectivity index (χ3v) is 3.35. The maximum atomic E-state index is 10.8. The summed E-state index contributed by atoms with van der Waals surface area (Å²) in [6, 6.07) is 0. The first-order chi connectivity index (χ1) is 9.04. The molecular formula is C12H20O7. The van der Waals surface area contributed by atoms with Crippen LogP contribution >= 0.6 is 0 Å². The SMILES string of the molecule is O=C(O)C1C[C@H](O)CC(OCC2CC(O)CCO2)O1. The van der Waals surface area contributed by atoms with Gasteiger partial charge in [0.05, 0.1) is 24.9 Å². The number of rotatable bonds is 4. The molecule has 0 saturated carbocycles. The topological polar surface area (TPSA) is 105 Å². The molecular weight excluding hydrogens is 256 g/mol. The Morgan fingerprint density at radius 3 is 2.68 bits per heavy atom. The van der Waals surface area contributed by atoms with Crippen molar-refractivity contribution >= 4 is 5.97 Å². The normalized spacial score (nSPS) is 40.0. The third kappa shape index (κ3) is 4.39. The number of carbonyl (C=O) groups is 1. The zero-order chi connectivity index (χ0) is 13.8. The summed E-state index contributed by atoms with van der Waals surface area (Å²) in [6.45, 7) is 0.710. The average molecular weight is 276 g/mol. The average Bonchev–Trinajstić information content (AvgIpc) is 2.36. The summed E-state index contributed by atoms with van der Waals surface area (Å²) in [5, 5.41) is 27.9. The van der Waals surface area contributed by atoms with E-state index in [4.69, 9.17) is 19.3 Å². The zero-order valence-electron chi connectivity index (χ0n) is 10.6. The molecule has 19 heavy (non-hydrogen) atoms. The summed E-state index contributed by atoms with van der Waals surface area (Å²) >= 11 is 0. The molecule has 4 unspecified atom stereocenters. The fourth-order valence-corrected chi connectivity index (χ4v) is 2.32. The molecule has 5 atom stereocenters. The molecule has 2 aliphatic heterocycles. The monoisotopic (exact) mass is 276 g/mol. The Kier molecular flexibility index (Phi) is 5.12. The van der Waals surface area contributed by atoms with Crippen molar-refractivity contribution in [3.05, 3.63) is 0 Å². The highest BCUT2D eigenvalue weighted by atomic mass is 16.7. The van der Waals surface area contributed by atoms with Gasteiger partial charge in [0.2, 0.25) is 0 Å². The number of ether oxygens (including phenoxy) is 3. The fraction of sp³-hybridized carbons (Fsp3) is 0.917. The Morgan fingerprint density at radius 1 is 1.21 bits per heavy atom. The number of carboxylic acid groups (broad SMARTS) is 1. The lowest BCUT2D eigenvalue weighted by atomic mass is 10.0. The molecule has 2 heterocycles. The van der Waals surface area contributed by atoms with Crippen molar-refractivity contribution in [3.8, 4) is 0 Å². The third-order valence-electron chi connectivity index (χ3n) is 3.35. The smallest absolute Gasteiger partial charge is 0.333 e. The Hall–Kier alpha value is -0.730. The van der Waals surface area contributed by atoms with Gasteiger partial charge in [0.25, 0.3) is 0 Å². The van der Waals surface area contributed by atoms with Gasteiger partial charge in [0.1, 0.15) is 0 Å². The Morgan fingerprint density at radius 2 is 2.00 bits per heavy atom. The minimum absolute atomic E-state index is 0.0772. The van der Waals surface area contributed by atoms with Gasteiger partial charge in [-0.1, -0.05) is 0 Å². The van der Waals surface area contributed by atoms with Crippen LogP contribution in [-0.2, 0) is 19.0 Å². The molecule has 7 nitrogen and oxygen atoms in total. The molecule has 7 heteroatoms. The van der Waals surface area contributed by atoms with E-state index in [9.17, 15) is 15.0 Å². The quantitative estimate of drug-likeness (QED) is 0.635. The molecule has 0 aromatic rings. The molecule has 0 amide bonds. The van der Waals surface area contributed by atoms with Gasteiger partial charge in [-0.2, -0.15) is 0 Å². The van der Waals surface area contributed by atoms with Crippen LogP contribution in [0.4, 0.5) is 0 Å². The number of aliphatic hydroxyl groups is 2. The second-order valence-electron chi connectivity index (χ2n) is 5.02. The predicted molar refractivity (Wildman–Crippen MR) is 62.5 cm³/mol. The van der Waals surface area contributed by atoms with Crippen LogP contribution in [-0.4, -0.2) is 65.2 Å². The maximum Gasteiger partial charge on any atom is 0.333 e. The second-order valence-corrected chi connectivity index (χ2v) is 5.02. The van der Waals surface area contributed by atoms with Gasteiger partial charge in [-0.05, 0) is 6.42 Å². The van der Waals surface area contributed by atoms with Crippen LogP contribution in [0.15, 0.2) is 0 Å². The molecule has 0 aliphatic carbocycles. The van der Waals surface area contributed by atoms with Crippen molar-refractivity contribution in [2.45, 2.75) is 56.4 Å². The van der Waals surface area contributed by atoms with Crippen molar-refractivity contribution in [3.63, 3.8) is 0 Å². The van der Waals surface area contributed by atoms with E-state index in [1.54, 1.807) is 0 Å². The van der Waals surface area contributed by atoms with E-state index in [-0.39, 0.29) is 31.7 Å². The molecule has 0 spiro atoms. The Balaban J connectivity index is 1.76. The van der Waals surface area contributed by atoms with Crippen molar-refractivity contribution in [1.29, 1.82) is 0 Å². The van der Waals surface area contributed by atoms with E-state index >= 15 is 0 Å². The van der Waals surface area contributed by atoms with Gasteiger partial charge in [-0.15, -0.1) is 0 Å². The van der Waals surface area contributed by atoms with Crippen molar-refractivity contribution in [2.75, 3.05) is 13.2 Å². The van der Waals surface area contributed by atoms with E-state index in [0.29, 0.717) is 19.4 Å². The summed E-state index contributed by atoms with van der Waals surface area (Å²) < 4.78 is 16.1. The van der Waals surface area contributed by atoms with Crippen LogP contribution in [0, 0.1) is 0 Å². The van der Waals surface area contributed by atoms with E-state index in [1.165, 1.54) is 0 Å². The minimum Gasteiger partial charge on any atom is -0.479 e. The Labute approximate surface area is 111 Å². The van der Waals surface area contributed by atoms with Crippen LogP contribution < -0.4 is 0 Å². The summed E-state index contributed by atoms with van der Waals surface area (Å²) in [5.74, 6) is -1.10. The van der Waals surface area contributed by atoms with Gasteiger partial charge in [0.15, 0.2) is 12.4 Å². The molecule has 110 valence electrons. The number of hydrogen-bond acceptors (Lipinski definition) is 6. The van der Waals surface area contributed by atoms with Crippen LogP contribution in [0.3, 0.4) is 0 Å². The first-order valence-corrected chi connectivity index (χ1v) is 6.52. The molecule has 2 rings (SSSR count). The number of aliphatic hydroxyl groups excluding tert-OH is 2. The molecule has 0 aromatic heterocycles. The van der Waals surface area contributed by atoms with Gasteiger partial charge in [-0.25, -0.2) is 4.79 Å². The van der Waals surface area contributed by atoms with Gasteiger partial charge in [0, 0.05) is 25.9 Å². The van der Waals surface area contributed by atoms with Crippen LogP contribution in [0.2, 0.25) is 0 Å². The molecule has 3 N–H and O–H groups in total. The minimum atomic E-state index is -1.10. The molecule has 2 fully saturated rings. The van der Waals surface area contributed by atoms with E-state index < -0.39 is 24.5 Å². The van der Waals surface area contributed by atoms with E-state index in [1.807, 2.05) is 0 Å². The summed E-state index contributed by atoms with van der Waals surface area (Å²) in [5.41, 5.74) is 0. The maximum absolute atomic E-state index is 10.8. The highest BCUT2D eigenvalue weighted by molar-refractivity contribution is 5.72. The van der Waals surface area contributed by atoms with Crippen molar-refractivity contribution < 1.29 is 34.3 Å². The lowest BCUT2D eigenvalue weighted by Crippen LogP contribution is -2.42. The standard InChI is InChI=1S/C12H20O7/c13-7-1-2-17-9(3-7)6-18-11-5-8(14)4-10(19-11)12(15)16/h7-11,13-14H,1-6H2,(H,15,16)/t7?,8-,9?,10?,11?/m0/s1. The summed E-state index contributed by atoms with van der Waals surface area (Å²) in [4.78, 5) is 10.8. The number of aliphatic carboxylic acids is 1. The van der Waals surface area contributed by atoms with Crippen LogP contribution in [0.25, 0.3) is 0 Å². The molecule has 0 radical (unpaired) electrons. The largest absolute Gasteiger partial charge is 0.479 e. The fourth-order valence-electron chi connectivity index (χ4n) is 2.32. The van der Waals surface area contributed by atoms with Gasteiger partial charge >= 0.3 is 5.97 Å². The molecule has 2 saturated heterocycles. The summed E-state index contributed by atoms with van der Waals surface area (Å²) in [6.07, 6.45) is -1.67. The van der Waals surface area contributed by atoms with E-state index in [0.717, 1.165) is 0 Å². The highest BCUT2D eigenvalue weighted by Crippen LogP contribution is 2.22. The lowest BCUT2D eigenvalue weighted by molar-refractivity contribution is -0.232. The van der Waals surface area contributed by atoms with E-state index in [2.05, 4.69) is 0 Å². The van der Waals surface area contributed by atoms with Crippen molar-refractivity contribution in [1.82, 2.24) is 0 Å². The zero-order valence-corrected chi connectivity index (χ0v) is 10.6. The summed E-state index contributed by atoms with van der Waals surface area (Å²) in [7, 11) is 0. The van der Waals surface area contributed by atoms with Gasteiger partial charge in [-0.3, -0.25) is 0 Å². The molecule has 0 bridgehead atoms. The number of carboxylic acids is 1. The van der Waals surface area contributed by atoms with Crippen molar-refractivity contribution in [2.24, 2.45) is 0 Å². The highest BCUT2D eigenvalue weighted by Gasteiger charge is 2.34. The lowest BCUT2D eigenvalue weighted by Gasteiger charge is -2.33. The predicted octanol–water partition coefficient (Wildman–Crippen LogP) is -0.507. The van der Waals surface area contributed by atoms with Crippen LogP contribution in [0.5, 0.6) is 0 Å². The second kappa shape index (κ2) is 6.62. The first-order valence-electron chi connectivity index (χ1n) is 6.52. The van der Waals surface area contributed by atoms with Crippen LogP contribution in [0.1, 0.15) is 25.7 Å².